The van der Waals surface area contributed by atoms with Gasteiger partial charge in [-0.1, -0.05) is 0 Å². The smallest absolute Gasteiger partial charge is 0.107 e. The third-order valence-corrected chi connectivity index (χ3v) is 2.87. The maximum absolute atomic E-state index is 9.83. The van der Waals surface area contributed by atoms with E-state index in [0.29, 0.717) is 13.2 Å². The van der Waals surface area contributed by atoms with Crippen molar-refractivity contribution in [3.05, 3.63) is 0 Å². The highest BCUT2D eigenvalue weighted by molar-refractivity contribution is 7.98. The van der Waals surface area contributed by atoms with E-state index in [1.54, 1.807) is 11.8 Å². The minimum absolute atomic E-state index is 0.0316. The van der Waals surface area contributed by atoms with Gasteiger partial charge in [0.2, 0.25) is 0 Å². The fourth-order valence-corrected chi connectivity index (χ4v) is 2.17. The van der Waals surface area contributed by atoms with Crippen LogP contribution in [0.2, 0.25) is 0 Å². The van der Waals surface area contributed by atoms with Crippen molar-refractivity contribution < 1.29 is 14.6 Å². The summed E-state index contributed by atoms with van der Waals surface area (Å²) in [5.74, 6) is 0.838. The molecule has 1 heterocycles. The molecule has 1 saturated heterocycles. The van der Waals surface area contributed by atoms with E-state index < -0.39 is 6.10 Å². The molecule has 1 aliphatic heterocycles. The molecule has 3 atom stereocenters. The molecule has 1 N–H and O–H groups in total. The van der Waals surface area contributed by atoms with Crippen molar-refractivity contribution in [2.24, 2.45) is 0 Å². The second-order valence-electron chi connectivity index (χ2n) is 3.14. The van der Waals surface area contributed by atoms with Gasteiger partial charge in [-0.15, -0.1) is 0 Å². The zero-order valence-corrected chi connectivity index (χ0v) is 9.05. The van der Waals surface area contributed by atoms with Crippen molar-refractivity contribution in [2.75, 3.05) is 25.2 Å². The molecule has 0 aliphatic carbocycles. The molecule has 0 amide bonds. The zero-order valence-electron chi connectivity index (χ0n) is 8.23. The molecule has 0 spiro atoms. The Balaban J connectivity index is 2.40. The van der Waals surface area contributed by atoms with E-state index in [4.69, 9.17) is 9.47 Å². The maximum atomic E-state index is 9.83. The Bertz CT molecular complexity index is 125. The molecule has 0 radical (unpaired) electrons. The highest BCUT2D eigenvalue weighted by Gasteiger charge is 2.32. The number of thioether (sulfide) groups is 1. The van der Waals surface area contributed by atoms with E-state index in [2.05, 4.69) is 0 Å². The number of aliphatic hydroxyl groups excluding tert-OH is 1. The molecule has 1 rings (SSSR count). The second kappa shape index (κ2) is 5.86. The van der Waals surface area contributed by atoms with Gasteiger partial charge in [0, 0.05) is 19.0 Å². The summed E-state index contributed by atoms with van der Waals surface area (Å²) in [5, 5.41) is 9.83. The van der Waals surface area contributed by atoms with Gasteiger partial charge in [0.1, 0.15) is 6.10 Å². The summed E-state index contributed by atoms with van der Waals surface area (Å²) in [5.41, 5.74) is 0. The molecule has 0 bridgehead atoms. The van der Waals surface area contributed by atoms with Crippen molar-refractivity contribution in [3.63, 3.8) is 0 Å². The first-order valence-electron chi connectivity index (χ1n) is 4.69. The quantitative estimate of drug-likeness (QED) is 0.742. The number of aliphatic hydroxyl groups is 1. The van der Waals surface area contributed by atoms with E-state index in [9.17, 15) is 5.11 Å². The highest BCUT2D eigenvalue weighted by Crippen LogP contribution is 2.20. The molecule has 0 aromatic heterocycles. The number of ether oxygens (including phenoxy) is 2. The number of rotatable bonds is 4. The monoisotopic (exact) mass is 206 g/mol. The number of hydrogen-bond acceptors (Lipinski definition) is 4. The topological polar surface area (TPSA) is 38.7 Å². The first kappa shape index (κ1) is 11.3. The lowest BCUT2D eigenvalue weighted by Gasteiger charge is -2.34. The molecule has 0 aromatic carbocycles. The lowest BCUT2D eigenvalue weighted by Crippen LogP contribution is -2.47. The van der Waals surface area contributed by atoms with Gasteiger partial charge in [-0.2, -0.15) is 11.8 Å². The van der Waals surface area contributed by atoms with E-state index in [1.807, 2.05) is 13.2 Å². The van der Waals surface area contributed by atoms with Crippen molar-refractivity contribution in [2.45, 2.75) is 31.7 Å². The third-order valence-electron chi connectivity index (χ3n) is 2.21. The lowest BCUT2D eigenvalue weighted by atomic mass is 10.0. The normalized spacial score (nSPS) is 34.8. The SMILES string of the molecule is CCOC1CCOC(CSC)C1O. The van der Waals surface area contributed by atoms with E-state index in [-0.39, 0.29) is 12.2 Å². The standard InChI is InChI=1S/C9H18O3S/c1-3-11-7-4-5-12-8(6-13-2)9(7)10/h7-10H,3-6H2,1-2H3. The summed E-state index contributed by atoms with van der Waals surface area (Å²) in [6, 6.07) is 0. The van der Waals surface area contributed by atoms with Crippen LogP contribution in [0.15, 0.2) is 0 Å². The van der Waals surface area contributed by atoms with Crippen LogP contribution in [0.1, 0.15) is 13.3 Å². The Hall–Kier alpha value is 0.230. The zero-order chi connectivity index (χ0) is 9.68. The van der Waals surface area contributed by atoms with Crippen LogP contribution < -0.4 is 0 Å². The van der Waals surface area contributed by atoms with Gasteiger partial charge in [0.15, 0.2) is 0 Å². The molecular formula is C9H18O3S. The summed E-state index contributed by atoms with van der Waals surface area (Å²) in [6.07, 6.45) is 2.28. The molecule has 0 aromatic rings. The fraction of sp³-hybridized carbons (Fsp3) is 1.00. The van der Waals surface area contributed by atoms with Crippen molar-refractivity contribution >= 4 is 11.8 Å². The number of hydrogen-bond donors (Lipinski definition) is 1. The first-order valence-corrected chi connectivity index (χ1v) is 6.09. The fourth-order valence-electron chi connectivity index (χ4n) is 1.55. The molecule has 78 valence electrons. The van der Waals surface area contributed by atoms with E-state index >= 15 is 0 Å². The molecule has 1 fully saturated rings. The Morgan fingerprint density at radius 3 is 3.00 bits per heavy atom. The van der Waals surface area contributed by atoms with Gasteiger partial charge in [-0.25, -0.2) is 0 Å². The van der Waals surface area contributed by atoms with Crippen LogP contribution in [-0.2, 0) is 9.47 Å². The van der Waals surface area contributed by atoms with Crippen molar-refractivity contribution in [3.8, 4) is 0 Å². The second-order valence-corrected chi connectivity index (χ2v) is 4.05. The van der Waals surface area contributed by atoms with Gasteiger partial charge >= 0.3 is 0 Å². The van der Waals surface area contributed by atoms with E-state index in [1.165, 1.54) is 0 Å². The molecule has 13 heavy (non-hydrogen) atoms. The van der Waals surface area contributed by atoms with Crippen LogP contribution in [0.4, 0.5) is 0 Å². The van der Waals surface area contributed by atoms with Crippen molar-refractivity contribution in [1.29, 1.82) is 0 Å². The van der Waals surface area contributed by atoms with Crippen LogP contribution in [-0.4, -0.2) is 48.6 Å². The van der Waals surface area contributed by atoms with Gasteiger partial charge in [0.05, 0.1) is 12.2 Å². The summed E-state index contributed by atoms with van der Waals surface area (Å²) < 4.78 is 10.9. The largest absolute Gasteiger partial charge is 0.388 e. The van der Waals surface area contributed by atoms with Crippen LogP contribution >= 0.6 is 11.8 Å². The summed E-state index contributed by atoms with van der Waals surface area (Å²) in [6.45, 7) is 3.31. The summed E-state index contributed by atoms with van der Waals surface area (Å²) in [4.78, 5) is 0. The Kier molecular flexibility index (Phi) is 5.09. The van der Waals surface area contributed by atoms with Crippen LogP contribution in [0.3, 0.4) is 0 Å². The molecule has 3 nitrogen and oxygen atoms in total. The van der Waals surface area contributed by atoms with Crippen LogP contribution in [0.5, 0.6) is 0 Å². The molecule has 1 aliphatic rings. The van der Waals surface area contributed by atoms with Crippen molar-refractivity contribution in [1.82, 2.24) is 0 Å². The first-order chi connectivity index (χ1) is 6.29. The van der Waals surface area contributed by atoms with E-state index in [0.717, 1.165) is 12.2 Å². The Morgan fingerprint density at radius 1 is 1.62 bits per heavy atom. The Morgan fingerprint density at radius 2 is 2.38 bits per heavy atom. The average Bonchev–Trinajstić information content (AvgIpc) is 2.13. The predicted octanol–water partition coefficient (Wildman–Crippen LogP) is 0.904. The Labute approximate surface area is 83.8 Å². The van der Waals surface area contributed by atoms with Crippen LogP contribution in [0.25, 0.3) is 0 Å². The minimum Gasteiger partial charge on any atom is -0.388 e. The predicted molar refractivity (Wildman–Crippen MR) is 54.2 cm³/mol. The lowest BCUT2D eigenvalue weighted by molar-refractivity contribution is -0.144. The van der Waals surface area contributed by atoms with Gasteiger partial charge in [0.25, 0.3) is 0 Å². The average molecular weight is 206 g/mol. The molecule has 4 heteroatoms. The van der Waals surface area contributed by atoms with Crippen LogP contribution in [0, 0.1) is 0 Å². The molecule has 3 unspecified atom stereocenters. The maximum Gasteiger partial charge on any atom is 0.107 e. The van der Waals surface area contributed by atoms with Gasteiger partial charge in [-0.3, -0.25) is 0 Å². The van der Waals surface area contributed by atoms with Gasteiger partial charge in [-0.05, 0) is 19.6 Å². The summed E-state index contributed by atoms with van der Waals surface area (Å²) >= 11 is 1.69. The minimum atomic E-state index is -0.457. The molecule has 0 saturated carbocycles. The highest BCUT2D eigenvalue weighted by atomic mass is 32.2. The van der Waals surface area contributed by atoms with Gasteiger partial charge < -0.3 is 14.6 Å². The summed E-state index contributed by atoms with van der Waals surface area (Å²) in [7, 11) is 0. The third kappa shape index (κ3) is 3.13. The molecular weight excluding hydrogens is 188 g/mol.